The summed E-state index contributed by atoms with van der Waals surface area (Å²) in [5, 5.41) is 6.76. The molecule has 5 heteroatoms. The monoisotopic (exact) mass is 340 g/mol. The molecule has 1 aromatic carbocycles. The highest BCUT2D eigenvalue weighted by atomic mass is 16.2. The SMILES string of the molecule is CN=C(NCc1ccc(C(=O)N2CCCCC2)cc1)NC1CC=CC1. The van der Waals surface area contributed by atoms with Gasteiger partial charge in [0.25, 0.3) is 5.91 Å². The highest BCUT2D eigenvalue weighted by Crippen LogP contribution is 2.14. The second kappa shape index (κ2) is 8.70. The summed E-state index contributed by atoms with van der Waals surface area (Å²) in [7, 11) is 1.79. The lowest BCUT2D eigenvalue weighted by molar-refractivity contribution is 0.0724. The Morgan fingerprint density at radius 1 is 1.12 bits per heavy atom. The maximum absolute atomic E-state index is 12.5. The summed E-state index contributed by atoms with van der Waals surface area (Å²) < 4.78 is 0. The lowest BCUT2D eigenvalue weighted by Crippen LogP contribution is -2.42. The predicted octanol–water partition coefficient (Wildman–Crippen LogP) is 2.70. The number of rotatable bonds is 4. The van der Waals surface area contributed by atoms with Crippen molar-refractivity contribution in [2.24, 2.45) is 4.99 Å². The van der Waals surface area contributed by atoms with Gasteiger partial charge in [-0.3, -0.25) is 9.79 Å². The van der Waals surface area contributed by atoms with Crippen LogP contribution in [0.1, 0.15) is 48.0 Å². The third kappa shape index (κ3) is 4.84. The summed E-state index contributed by atoms with van der Waals surface area (Å²) in [5.74, 6) is 0.979. The molecule has 2 N–H and O–H groups in total. The second-order valence-corrected chi connectivity index (χ2v) is 6.76. The van der Waals surface area contributed by atoms with Crippen molar-refractivity contribution in [3.05, 3.63) is 47.5 Å². The molecule has 1 aliphatic heterocycles. The topological polar surface area (TPSA) is 56.7 Å². The molecule has 2 aliphatic rings. The van der Waals surface area contributed by atoms with E-state index in [-0.39, 0.29) is 5.91 Å². The smallest absolute Gasteiger partial charge is 0.253 e. The minimum absolute atomic E-state index is 0.158. The number of guanidine groups is 1. The van der Waals surface area contributed by atoms with Crippen LogP contribution in [0.15, 0.2) is 41.4 Å². The van der Waals surface area contributed by atoms with Crippen molar-refractivity contribution in [1.82, 2.24) is 15.5 Å². The van der Waals surface area contributed by atoms with E-state index in [2.05, 4.69) is 27.8 Å². The first-order valence-corrected chi connectivity index (χ1v) is 9.26. The third-order valence-corrected chi connectivity index (χ3v) is 4.88. The fourth-order valence-electron chi connectivity index (χ4n) is 3.35. The first-order valence-electron chi connectivity index (χ1n) is 9.26. The van der Waals surface area contributed by atoms with Crippen molar-refractivity contribution in [2.75, 3.05) is 20.1 Å². The van der Waals surface area contributed by atoms with E-state index in [1.807, 2.05) is 29.2 Å². The van der Waals surface area contributed by atoms with Crippen LogP contribution in [-0.4, -0.2) is 42.9 Å². The minimum Gasteiger partial charge on any atom is -0.353 e. The van der Waals surface area contributed by atoms with Gasteiger partial charge in [0.2, 0.25) is 0 Å². The first kappa shape index (κ1) is 17.5. The van der Waals surface area contributed by atoms with Gasteiger partial charge in [0.05, 0.1) is 0 Å². The molecular formula is C20H28N4O. The van der Waals surface area contributed by atoms with Crippen LogP contribution >= 0.6 is 0 Å². The van der Waals surface area contributed by atoms with Crippen molar-refractivity contribution in [3.63, 3.8) is 0 Å². The third-order valence-electron chi connectivity index (χ3n) is 4.88. The average Bonchev–Trinajstić information content (AvgIpc) is 3.19. The van der Waals surface area contributed by atoms with Crippen LogP contribution in [0.5, 0.6) is 0 Å². The number of benzene rings is 1. The van der Waals surface area contributed by atoms with Crippen LogP contribution in [0.25, 0.3) is 0 Å². The molecule has 0 bridgehead atoms. The Labute approximate surface area is 150 Å². The first-order chi connectivity index (χ1) is 12.3. The van der Waals surface area contributed by atoms with Crippen molar-refractivity contribution in [2.45, 2.75) is 44.7 Å². The molecule has 1 aromatic rings. The second-order valence-electron chi connectivity index (χ2n) is 6.76. The zero-order valence-electron chi connectivity index (χ0n) is 15.0. The van der Waals surface area contributed by atoms with Gasteiger partial charge in [0.1, 0.15) is 0 Å². The molecule has 25 heavy (non-hydrogen) atoms. The fourth-order valence-corrected chi connectivity index (χ4v) is 3.35. The van der Waals surface area contributed by atoms with Crippen LogP contribution in [-0.2, 0) is 6.54 Å². The van der Waals surface area contributed by atoms with Gasteiger partial charge in [0, 0.05) is 38.3 Å². The molecule has 1 fully saturated rings. The number of amides is 1. The van der Waals surface area contributed by atoms with Crippen LogP contribution in [0, 0.1) is 0 Å². The summed E-state index contributed by atoms with van der Waals surface area (Å²) in [4.78, 5) is 18.7. The van der Waals surface area contributed by atoms with Crippen molar-refractivity contribution < 1.29 is 4.79 Å². The normalized spacial score (nSPS) is 18.4. The van der Waals surface area contributed by atoms with E-state index in [1.165, 1.54) is 6.42 Å². The van der Waals surface area contributed by atoms with Gasteiger partial charge in [0.15, 0.2) is 5.96 Å². The van der Waals surface area contributed by atoms with Crippen molar-refractivity contribution in [3.8, 4) is 0 Å². The van der Waals surface area contributed by atoms with Gasteiger partial charge in [-0.2, -0.15) is 0 Å². The molecule has 3 rings (SSSR count). The van der Waals surface area contributed by atoms with Crippen molar-refractivity contribution in [1.29, 1.82) is 0 Å². The molecule has 1 amide bonds. The lowest BCUT2D eigenvalue weighted by Gasteiger charge is -2.26. The molecule has 1 aliphatic carbocycles. The van der Waals surface area contributed by atoms with Gasteiger partial charge in [-0.25, -0.2) is 0 Å². The number of hydrogen-bond acceptors (Lipinski definition) is 2. The summed E-state index contributed by atoms with van der Waals surface area (Å²) in [5.41, 5.74) is 1.92. The quantitative estimate of drug-likeness (QED) is 0.503. The van der Waals surface area contributed by atoms with E-state index in [0.29, 0.717) is 12.6 Å². The van der Waals surface area contributed by atoms with Gasteiger partial charge >= 0.3 is 0 Å². The number of hydrogen-bond donors (Lipinski definition) is 2. The molecule has 0 saturated carbocycles. The van der Waals surface area contributed by atoms with Crippen molar-refractivity contribution >= 4 is 11.9 Å². The Bertz CT molecular complexity index is 622. The molecule has 1 heterocycles. The van der Waals surface area contributed by atoms with E-state index in [0.717, 1.165) is 55.9 Å². The van der Waals surface area contributed by atoms with E-state index in [1.54, 1.807) is 7.05 Å². The Hall–Kier alpha value is -2.30. The molecule has 0 radical (unpaired) electrons. The maximum Gasteiger partial charge on any atom is 0.253 e. The van der Waals surface area contributed by atoms with Crippen LogP contribution in [0.2, 0.25) is 0 Å². The van der Waals surface area contributed by atoms with Crippen LogP contribution in [0.3, 0.4) is 0 Å². The molecule has 0 spiro atoms. The van der Waals surface area contributed by atoms with E-state index >= 15 is 0 Å². The molecule has 0 aromatic heterocycles. The zero-order chi connectivity index (χ0) is 17.5. The number of nitrogens with one attached hydrogen (secondary N) is 2. The van der Waals surface area contributed by atoms with Crippen LogP contribution < -0.4 is 10.6 Å². The maximum atomic E-state index is 12.5. The largest absolute Gasteiger partial charge is 0.353 e. The molecule has 0 atom stereocenters. The highest BCUT2D eigenvalue weighted by Gasteiger charge is 2.18. The average molecular weight is 340 g/mol. The molecule has 1 saturated heterocycles. The minimum atomic E-state index is 0.158. The van der Waals surface area contributed by atoms with E-state index in [9.17, 15) is 4.79 Å². The number of carbonyl (C=O) groups excluding carboxylic acids is 1. The number of aliphatic imine (C=N–C) groups is 1. The van der Waals surface area contributed by atoms with Gasteiger partial charge in [-0.15, -0.1) is 0 Å². The van der Waals surface area contributed by atoms with Gasteiger partial charge in [-0.05, 0) is 49.8 Å². The summed E-state index contributed by atoms with van der Waals surface area (Å²) in [6.07, 6.45) is 9.97. The predicted molar refractivity (Wildman–Crippen MR) is 102 cm³/mol. The molecule has 134 valence electrons. The van der Waals surface area contributed by atoms with Crippen LogP contribution in [0.4, 0.5) is 0 Å². The number of carbonyl (C=O) groups is 1. The number of nitrogens with zero attached hydrogens (tertiary/aromatic N) is 2. The Balaban J connectivity index is 1.50. The van der Waals surface area contributed by atoms with E-state index in [4.69, 9.17) is 0 Å². The zero-order valence-corrected chi connectivity index (χ0v) is 15.0. The molecular weight excluding hydrogens is 312 g/mol. The summed E-state index contributed by atoms with van der Waals surface area (Å²) in [6, 6.07) is 8.36. The summed E-state index contributed by atoms with van der Waals surface area (Å²) in [6.45, 7) is 2.47. The van der Waals surface area contributed by atoms with Gasteiger partial charge < -0.3 is 15.5 Å². The Morgan fingerprint density at radius 3 is 2.44 bits per heavy atom. The fraction of sp³-hybridized carbons (Fsp3) is 0.500. The standard InChI is InChI=1S/C20H28N4O/c1-21-20(23-18-7-3-4-8-18)22-15-16-9-11-17(12-10-16)19(25)24-13-5-2-6-14-24/h3-4,9-12,18H,2,5-8,13-15H2,1H3,(H2,21,22,23). The summed E-state index contributed by atoms with van der Waals surface area (Å²) >= 11 is 0. The van der Waals surface area contributed by atoms with Gasteiger partial charge in [-0.1, -0.05) is 24.3 Å². The Kier molecular flexibility index (Phi) is 6.09. The number of piperidine rings is 1. The highest BCUT2D eigenvalue weighted by molar-refractivity contribution is 5.94. The lowest BCUT2D eigenvalue weighted by atomic mass is 10.1. The molecule has 5 nitrogen and oxygen atoms in total. The molecule has 0 unspecified atom stereocenters. The van der Waals surface area contributed by atoms with E-state index < -0.39 is 0 Å². The number of likely N-dealkylation sites (tertiary alicyclic amines) is 1. The Morgan fingerprint density at radius 2 is 1.80 bits per heavy atom.